The van der Waals surface area contributed by atoms with Crippen molar-refractivity contribution in [1.29, 1.82) is 0 Å². The highest BCUT2D eigenvalue weighted by molar-refractivity contribution is 6.34. The molecule has 0 aromatic rings. The van der Waals surface area contributed by atoms with Crippen molar-refractivity contribution < 1.29 is 9.59 Å². The molecule has 0 aromatic heterocycles. The Kier molecular flexibility index (Phi) is 5.39. The Morgan fingerprint density at radius 3 is 2.10 bits per heavy atom. The number of nitrogens with two attached hydrogens (primary N) is 2. The Bertz CT molecular complexity index is 390. The Labute approximate surface area is 127 Å². The van der Waals surface area contributed by atoms with E-state index in [1.54, 1.807) is 0 Å². The van der Waals surface area contributed by atoms with E-state index in [0.717, 1.165) is 30.7 Å². The molecule has 1 aliphatic heterocycles. The van der Waals surface area contributed by atoms with Crippen molar-refractivity contribution in [2.24, 2.45) is 17.5 Å². The fraction of sp³-hybridized carbons (Fsp3) is 0.867. The molecule has 21 heavy (non-hydrogen) atoms. The van der Waals surface area contributed by atoms with Crippen molar-refractivity contribution in [1.82, 2.24) is 10.3 Å². The highest BCUT2D eigenvalue weighted by Gasteiger charge is 2.42. The fourth-order valence-corrected chi connectivity index (χ4v) is 3.85. The Balaban J connectivity index is 2.99. The lowest BCUT2D eigenvalue weighted by Gasteiger charge is -2.49. The van der Waals surface area contributed by atoms with Crippen molar-refractivity contribution in [2.45, 2.75) is 77.4 Å². The lowest BCUT2D eigenvalue weighted by Crippen LogP contribution is -2.62. The average Bonchev–Trinajstić information content (AvgIpc) is 2.30. The molecule has 0 aliphatic carbocycles. The van der Waals surface area contributed by atoms with Crippen LogP contribution in [0, 0.1) is 5.92 Å². The second-order valence-electron chi connectivity index (χ2n) is 7.49. The summed E-state index contributed by atoms with van der Waals surface area (Å²) in [5.74, 6) is 4.36. The molecule has 1 unspecified atom stereocenters. The van der Waals surface area contributed by atoms with Gasteiger partial charge in [0.05, 0.1) is 6.04 Å². The summed E-state index contributed by atoms with van der Waals surface area (Å²) in [6, 6.07) is -0.157. The van der Waals surface area contributed by atoms with Crippen LogP contribution in [-0.2, 0) is 9.59 Å². The van der Waals surface area contributed by atoms with E-state index in [1.807, 2.05) is 6.92 Å². The van der Waals surface area contributed by atoms with Gasteiger partial charge in [-0.05, 0) is 52.9 Å². The SMILES string of the molecule is CCCC(C1CC(C)(C)NC(C)(C)C1)N(N)C(=O)C(N)=O. The van der Waals surface area contributed by atoms with E-state index in [2.05, 4.69) is 33.0 Å². The number of nitrogens with zero attached hydrogens (tertiary/aromatic N) is 1. The summed E-state index contributed by atoms with van der Waals surface area (Å²) >= 11 is 0. The smallest absolute Gasteiger partial charge is 0.325 e. The molecule has 1 aliphatic rings. The van der Waals surface area contributed by atoms with E-state index < -0.39 is 11.8 Å². The van der Waals surface area contributed by atoms with Gasteiger partial charge in [-0.2, -0.15) is 0 Å². The van der Waals surface area contributed by atoms with Gasteiger partial charge in [0.15, 0.2) is 0 Å². The van der Waals surface area contributed by atoms with Gasteiger partial charge in [0, 0.05) is 11.1 Å². The molecule has 0 bridgehead atoms. The number of rotatable bonds is 4. The molecule has 1 rings (SSSR count). The molecular weight excluding hydrogens is 268 g/mol. The largest absolute Gasteiger partial charge is 0.361 e. The van der Waals surface area contributed by atoms with Gasteiger partial charge < -0.3 is 11.1 Å². The standard InChI is InChI=1S/C15H30N4O2/c1-6-7-11(19(17)13(21)12(16)20)10-8-14(2,3)18-15(4,5)9-10/h10-11,18H,6-9,17H2,1-5H3,(H2,16,20). The third-order valence-corrected chi connectivity index (χ3v) is 4.15. The normalized spacial score (nSPS) is 22.6. The minimum Gasteiger partial charge on any atom is -0.361 e. The summed E-state index contributed by atoms with van der Waals surface area (Å²) < 4.78 is 0. The zero-order valence-electron chi connectivity index (χ0n) is 13.9. The number of piperidine rings is 1. The van der Waals surface area contributed by atoms with Gasteiger partial charge in [0.1, 0.15) is 0 Å². The van der Waals surface area contributed by atoms with Gasteiger partial charge in [-0.15, -0.1) is 0 Å². The van der Waals surface area contributed by atoms with Crippen LogP contribution in [0.5, 0.6) is 0 Å². The summed E-state index contributed by atoms with van der Waals surface area (Å²) in [7, 11) is 0. The maximum Gasteiger partial charge on any atom is 0.325 e. The summed E-state index contributed by atoms with van der Waals surface area (Å²) in [4.78, 5) is 23.0. The molecular formula is C15H30N4O2. The topological polar surface area (TPSA) is 101 Å². The Morgan fingerprint density at radius 2 is 1.71 bits per heavy atom. The van der Waals surface area contributed by atoms with Crippen LogP contribution in [0.15, 0.2) is 0 Å². The van der Waals surface area contributed by atoms with Gasteiger partial charge in [-0.25, -0.2) is 5.84 Å². The van der Waals surface area contributed by atoms with Crippen LogP contribution < -0.4 is 16.9 Å². The molecule has 6 nitrogen and oxygen atoms in total. The number of carbonyl (C=O) groups is 2. The molecule has 0 spiro atoms. The molecule has 6 heteroatoms. The number of hydrogen-bond acceptors (Lipinski definition) is 4. The van der Waals surface area contributed by atoms with Crippen LogP contribution in [0.3, 0.4) is 0 Å². The number of primary amides is 1. The van der Waals surface area contributed by atoms with Crippen molar-refractivity contribution >= 4 is 11.8 Å². The van der Waals surface area contributed by atoms with Crippen molar-refractivity contribution in [3.05, 3.63) is 0 Å². The molecule has 1 atom stereocenters. The van der Waals surface area contributed by atoms with Crippen molar-refractivity contribution in [3.8, 4) is 0 Å². The fourth-order valence-electron chi connectivity index (χ4n) is 3.85. The van der Waals surface area contributed by atoms with E-state index in [-0.39, 0.29) is 23.0 Å². The Morgan fingerprint density at radius 1 is 1.24 bits per heavy atom. The predicted molar refractivity (Wildman–Crippen MR) is 82.9 cm³/mol. The lowest BCUT2D eigenvalue weighted by atomic mass is 9.72. The predicted octanol–water partition coefficient (Wildman–Crippen LogP) is 0.900. The maximum atomic E-state index is 11.8. The average molecular weight is 298 g/mol. The molecule has 5 N–H and O–H groups in total. The number of carbonyl (C=O) groups excluding carboxylic acids is 2. The summed E-state index contributed by atoms with van der Waals surface area (Å²) in [5.41, 5.74) is 5.02. The minimum absolute atomic E-state index is 0.0327. The molecule has 1 fully saturated rings. The molecule has 1 heterocycles. The van der Waals surface area contributed by atoms with E-state index in [4.69, 9.17) is 11.6 Å². The highest BCUT2D eigenvalue weighted by atomic mass is 16.2. The lowest BCUT2D eigenvalue weighted by molar-refractivity contribution is -0.147. The minimum atomic E-state index is -0.994. The first-order valence-corrected chi connectivity index (χ1v) is 7.66. The molecule has 0 saturated carbocycles. The van der Waals surface area contributed by atoms with Crippen molar-refractivity contribution in [2.75, 3.05) is 0 Å². The number of nitrogens with one attached hydrogen (secondary N) is 1. The number of hydrogen-bond donors (Lipinski definition) is 3. The summed E-state index contributed by atoms with van der Waals surface area (Å²) in [6.07, 6.45) is 3.48. The monoisotopic (exact) mass is 298 g/mol. The molecule has 2 amide bonds. The first-order chi connectivity index (χ1) is 9.49. The van der Waals surface area contributed by atoms with Gasteiger partial charge in [-0.1, -0.05) is 13.3 Å². The maximum absolute atomic E-state index is 11.8. The zero-order chi connectivity index (χ0) is 16.4. The second-order valence-corrected chi connectivity index (χ2v) is 7.49. The van der Waals surface area contributed by atoms with Crippen LogP contribution in [0.1, 0.15) is 60.3 Å². The van der Waals surface area contributed by atoms with E-state index >= 15 is 0 Å². The first kappa shape index (κ1) is 17.9. The molecule has 122 valence electrons. The highest BCUT2D eigenvalue weighted by Crippen LogP contribution is 2.37. The van der Waals surface area contributed by atoms with E-state index in [0.29, 0.717) is 0 Å². The van der Waals surface area contributed by atoms with Gasteiger partial charge >= 0.3 is 11.8 Å². The van der Waals surface area contributed by atoms with Crippen LogP contribution in [-0.4, -0.2) is 33.9 Å². The zero-order valence-corrected chi connectivity index (χ0v) is 13.9. The van der Waals surface area contributed by atoms with Crippen LogP contribution in [0.25, 0.3) is 0 Å². The van der Waals surface area contributed by atoms with Crippen LogP contribution in [0.4, 0.5) is 0 Å². The van der Waals surface area contributed by atoms with Gasteiger partial charge in [0.2, 0.25) is 0 Å². The molecule has 0 aromatic carbocycles. The van der Waals surface area contributed by atoms with Crippen molar-refractivity contribution in [3.63, 3.8) is 0 Å². The Hall–Kier alpha value is -1.14. The van der Waals surface area contributed by atoms with Gasteiger partial charge in [-0.3, -0.25) is 14.6 Å². The molecule has 0 radical (unpaired) electrons. The second kappa shape index (κ2) is 6.32. The van der Waals surface area contributed by atoms with E-state index in [1.165, 1.54) is 0 Å². The van der Waals surface area contributed by atoms with Crippen LogP contribution in [0.2, 0.25) is 0 Å². The third-order valence-electron chi connectivity index (χ3n) is 4.15. The first-order valence-electron chi connectivity index (χ1n) is 7.66. The van der Waals surface area contributed by atoms with Gasteiger partial charge in [0.25, 0.3) is 0 Å². The van der Waals surface area contributed by atoms with E-state index in [9.17, 15) is 9.59 Å². The number of amides is 2. The van der Waals surface area contributed by atoms with Crippen LogP contribution >= 0.6 is 0 Å². The summed E-state index contributed by atoms with van der Waals surface area (Å²) in [5, 5.41) is 4.68. The third kappa shape index (κ3) is 4.68. The summed E-state index contributed by atoms with van der Waals surface area (Å²) in [6.45, 7) is 10.7. The molecule has 1 saturated heterocycles. The quantitative estimate of drug-likeness (QED) is 0.310. The number of hydrazine groups is 1.